The first-order valence-electron chi connectivity index (χ1n) is 8.73. The van der Waals surface area contributed by atoms with Crippen molar-refractivity contribution < 1.29 is 62.2 Å². The number of likely N-dealkylation sites (N-methyl/N-ethyl adjacent to an activating group) is 1. The van der Waals surface area contributed by atoms with Crippen LogP contribution in [0.5, 0.6) is 5.75 Å². The van der Waals surface area contributed by atoms with E-state index in [-0.39, 0.29) is 17.1 Å². The molecule has 10 nitrogen and oxygen atoms in total. The van der Waals surface area contributed by atoms with Gasteiger partial charge in [0.2, 0.25) is 5.28 Å². The summed E-state index contributed by atoms with van der Waals surface area (Å²) in [6, 6.07) is 0.319. The Morgan fingerprint density at radius 2 is 1.91 bits per heavy atom. The number of carbonyl (C=O) groups is 2. The van der Waals surface area contributed by atoms with Gasteiger partial charge in [0.05, 0.1) is 17.6 Å². The maximum atomic E-state index is 14.0. The van der Waals surface area contributed by atoms with Gasteiger partial charge in [-0.05, 0) is 24.3 Å². The van der Waals surface area contributed by atoms with E-state index in [0.29, 0.717) is 24.1 Å². The summed E-state index contributed by atoms with van der Waals surface area (Å²) >= 11 is 0. The van der Waals surface area contributed by atoms with Crippen molar-refractivity contribution in [3.63, 3.8) is 0 Å². The maximum Gasteiger partial charge on any atom is 0.341 e. The summed E-state index contributed by atoms with van der Waals surface area (Å²) < 4.78 is 103. The molecule has 0 fully saturated rings. The molecule has 0 unspecified atom stereocenters. The molecule has 1 atom stereocenters. The summed E-state index contributed by atoms with van der Waals surface area (Å²) in [5.74, 6) is -7.41. The second kappa shape index (κ2) is 8.10. The molecule has 1 aliphatic rings. The van der Waals surface area contributed by atoms with Crippen LogP contribution in [0.15, 0.2) is 33.9 Å². The van der Waals surface area contributed by atoms with Gasteiger partial charge in [-0.2, -0.15) is 0 Å². The highest BCUT2D eigenvalue weighted by molar-refractivity contribution is 8.45. The third-order valence-electron chi connectivity index (χ3n) is 3.99. The summed E-state index contributed by atoms with van der Waals surface area (Å²) in [7, 11) is -9.12. The van der Waals surface area contributed by atoms with Gasteiger partial charge < -0.3 is 24.6 Å². The number of nitrogens with zero attached hydrogens (tertiary/aromatic N) is 3. The van der Waals surface area contributed by atoms with Crippen molar-refractivity contribution in [2.75, 3.05) is 20.4 Å². The van der Waals surface area contributed by atoms with E-state index in [1.54, 1.807) is 0 Å². The van der Waals surface area contributed by atoms with Gasteiger partial charge in [-0.3, -0.25) is 4.79 Å². The highest BCUT2D eigenvalue weighted by Crippen LogP contribution is 3.02. The Hall–Kier alpha value is -3.44. The lowest BCUT2D eigenvalue weighted by Crippen LogP contribution is -2.41. The standard InChI is InChI=1S/C16H16F7N3O7S/c1-16(17,18)14-11(15(29)31-8-32-24-26(30)25(2)7-13(27)28)6-9-5-10(3-4-12(9)33-14)34(19,20,21,22)23/h3-6,14H,7-8H2,1-2H3,(H,27,28)/b26-24-/t14-/m0/s1. The Morgan fingerprint density at radius 1 is 1.29 bits per heavy atom. The first-order valence-corrected chi connectivity index (χ1v) is 10.7. The van der Waals surface area contributed by atoms with Gasteiger partial charge in [0.25, 0.3) is 12.7 Å². The number of hydrazine groups is 1. The lowest BCUT2D eigenvalue weighted by molar-refractivity contribution is -0.704. The van der Waals surface area contributed by atoms with Gasteiger partial charge in [0, 0.05) is 12.5 Å². The lowest BCUT2D eigenvalue weighted by Gasteiger charge is -2.41. The molecule has 0 spiro atoms. The number of carbonyl (C=O) groups excluding carboxylic acids is 1. The first kappa shape index (κ1) is 26.8. The predicted molar refractivity (Wildman–Crippen MR) is 99.2 cm³/mol. The summed E-state index contributed by atoms with van der Waals surface area (Å²) in [4.78, 5) is 24.3. The molecule has 1 aromatic rings. The highest BCUT2D eigenvalue weighted by atomic mass is 32.5. The van der Waals surface area contributed by atoms with Crippen LogP contribution in [0.1, 0.15) is 12.5 Å². The lowest BCUT2D eigenvalue weighted by atomic mass is 9.98. The fourth-order valence-electron chi connectivity index (χ4n) is 2.52. The van der Waals surface area contributed by atoms with E-state index in [2.05, 4.69) is 14.9 Å². The highest BCUT2D eigenvalue weighted by Gasteiger charge is 2.65. The van der Waals surface area contributed by atoms with Gasteiger partial charge >= 0.3 is 22.2 Å². The molecule has 18 heteroatoms. The van der Waals surface area contributed by atoms with Crippen LogP contribution in [0.25, 0.3) is 6.08 Å². The van der Waals surface area contributed by atoms with Crippen LogP contribution in [0.2, 0.25) is 0 Å². The minimum Gasteiger partial charge on any atom is -0.569 e. The van der Waals surface area contributed by atoms with E-state index in [0.717, 1.165) is 7.05 Å². The zero-order chi connectivity index (χ0) is 26.2. The number of aliphatic carboxylic acids is 1. The van der Waals surface area contributed by atoms with Crippen molar-refractivity contribution in [2.24, 2.45) is 5.28 Å². The van der Waals surface area contributed by atoms with Gasteiger partial charge in [-0.25, -0.2) is 13.6 Å². The topological polar surface area (TPSA) is 124 Å². The van der Waals surface area contributed by atoms with Crippen LogP contribution in [0.3, 0.4) is 0 Å². The summed E-state index contributed by atoms with van der Waals surface area (Å²) in [6.45, 7) is -1.63. The number of hydrogen-bond donors (Lipinski definition) is 1. The average molecular weight is 527 g/mol. The van der Waals surface area contributed by atoms with Crippen LogP contribution in [-0.2, 0) is 19.2 Å². The second-order valence-corrected chi connectivity index (χ2v) is 9.35. The molecule has 0 aliphatic carbocycles. The fraction of sp³-hybridized carbons (Fsp3) is 0.375. The quantitative estimate of drug-likeness (QED) is 0.0949. The Morgan fingerprint density at radius 3 is 2.44 bits per heavy atom. The van der Waals surface area contributed by atoms with Crippen LogP contribution in [0.4, 0.5) is 28.2 Å². The third kappa shape index (κ3) is 6.78. The minimum atomic E-state index is -10.1. The number of rotatable bonds is 9. The molecular formula is C16H16F7N3O7S. The van der Waals surface area contributed by atoms with Crippen molar-refractivity contribution in [1.82, 2.24) is 5.01 Å². The molecule has 1 heterocycles. The number of esters is 1. The zero-order valence-electron chi connectivity index (χ0n) is 17.1. The number of hydrogen-bond acceptors (Lipinski definition) is 7. The maximum absolute atomic E-state index is 14.0. The molecule has 1 aliphatic heterocycles. The molecule has 1 aromatic carbocycles. The van der Waals surface area contributed by atoms with Crippen molar-refractivity contribution >= 4 is 28.2 Å². The first-order chi connectivity index (χ1) is 15.2. The molecule has 192 valence electrons. The predicted octanol–water partition coefficient (Wildman–Crippen LogP) is 4.47. The normalized spacial score (nSPS) is 18.4. The van der Waals surface area contributed by atoms with Crippen molar-refractivity contribution in [2.45, 2.75) is 23.8 Å². The molecule has 0 aromatic heterocycles. The Kier molecular flexibility index (Phi) is 6.39. The number of carboxylic acids is 1. The van der Waals surface area contributed by atoms with Gasteiger partial charge in [-0.15, -0.1) is 5.01 Å². The number of alkyl halides is 2. The zero-order valence-corrected chi connectivity index (χ0v) is 17.9. The molecule has 0 radical (unpaired) electrons. The molecule has 0 amide bonds. The van der Waals surface area contributed by atoms with Gasteiger partial charge in [0.15, 0.2) is 12.6 Å². The molecule has 0 saturated heterocycles. The monoisotopic (exact) mass is 527 g/mol. The van der Waals surface area contributed by atoms with Crippen LogP contribution >= 0.6 is 10.2 Å². The number of ether oxygens (including phenoxy) is 2. The van der Waals surface area contributed by atoms with Crippen LogP contribution in [0, 0.1) is 5.21 Å². The van der Waals surface area contributed by atoms with Gasteiger partial charge in [0.1, 0.15) is 10.6 Å². The van der Waals surface area contributed by atoms with E-state index < -0.39 is 69.3 Å². The second-order valence-electron chi connectivity index (χ2n) is 6.95. The van der Waals surface area contributed by atoms with Crippen LogP contribution < -0.4 is 4.74 Å². The summed E-state index contributed by atoms with van der Waals surface area (Å²) in [6.07, 6.45) is -1.90. The average Bonchev–Trinajstić information content (AvgIpc) is 2.66. The number of fused-ring (bicyclic) bond motifs is 1. The third-order valence-corrected chi connectivity index (χ3v) is 5.13. The molecular weight excluding hydrogens is 511 g/mol. The minimum absolute atomic E-state index is 0.0339. The SMILES string of the molecule is CN(CC(=O)O)/[N+]([O-])=N/OCOC(=O)C1=Cc2cc(S(F)(F)(F)(F)F)ccc2O[C@@H]1C(C)(F)F. The Balaban J connectivity index is 2.27. The largest absolute Gasteiger partial charge is 0.569 e. The number of carboxylic acid groups (broad SMARTS) is 1. The molecule has 34 heavy (non-hydrogen) atoms. The number of benzene rings is 1. The molecule has 0 bridgehead atoms. The molecule has 0 saturated carbocycles. The smallest absolute Gasteiger partial charge is 0.341 e. The van der Waals surface area contributed by atoms with Crippen molar-refractivity contribution in [1.29, 1.82) is 0 Å². The Bertz CT molecular complexity index is 1060. The number of halogens is 7. The van der Waals surface area contributed by atoms with Crippen molar-refractivity contribution in [3.8, 4) is 5.75 Å². The van der Waals surface area contributed by atoms with Crippen LogP contribution in [-0.4, -0.2) is 59.4 Å². The summed E-state index contributed by atoms with van der Waals surface area (Å²) in [5, 5.41) is 23.2. The van der Waals surface area contributed by atoms with E-state index in [1.807, 2.05) is 0 Å². The fourth-order valence-corrected chi connectivity index (χ4v) is 3.19. The molecule has 2 rings (SSSR count). The summed E-state index contributed by atoms with van der Waals surface area (Å²) in [5.41, 5.74) is -1.78. The van der Waals surface area contributed by atoms with E-state index >= 15 is 0 Å². The molecule has 1 N–H and O–H groups in total. The van der Waals surface area contributed by atoms with Gasteiger partial charge in [-0.1, -0.05) is 19.4 Å². The van der Waals surface area contributed by atoms with E-state index in [1.165, 1.54) is 0 Å². The Labute approximate surface area is 186 Å². The van der Waals surface area contributed by atoms with E-state index in [4.69, 9.17) is 9.84 Å². The van der Waals surface area contributed by atoms with Crippen molar-refractivity contribution in [3.05, 3.63) is 34.5 Å². The van der Waals surface area contributed by atoms with E-state index in [9.17, 15) is 43.0 Å².